The highest BCUT2D eigenvalue weighted by Crippen LogP contribution is 2.24. The summed E-state index contributed by atoms with van der Waals surface area (Å²) in [4.78, 5) is 23.2. The SMILES string of the molecule is CCC(C)(C)NC(=O)C(C)Oc1cc(OC)ccc1C=O. The Bertz CT molecular complexity index is 511. The minimum atomic E-state index is -0.707. The second-order valence-corrected chi connectivity index (χ2v) is 5.51. The average molecular weight is 293 g/mol. The second kappa shape index (κ2) is 7.11. The van der Waals surface area contributed by atoms with Crippen molar-refractivity contribution < 1.29 is 19.1 Å². The van der Waals surface area contributed by atoms with Crippen LogP contribution in [-0.2, 0) is 4.79 Å². The van der Waals surface area contributed by atoms with Gasteiger partial charge in [0.25, 0.3) is 5.91 Å². The van der Waals surface area contributed by atoms with Gasteiger partial charge in [-0.15, -0.1) is 0 Å². The molecule has 1 N–H and O–H groups in total. The highest BCUT2D eigenvalue weighted by Gasteiger charge is 2.23. The van der Waals surface area contributed by atoms with E-state index in [1.165, 1.54) is 7.11 Å². The molecule has 0 fully saturated rings. The van der Waals surface area contributed by atoms with Gasteiger partial charge < -0.3 is 14.8 Å². The zero-order valence-electron chi connectivity index (χ0n) is 13.2. The Labute approximate surface area is 125 Å². The number of rotatable bonds is 7. The van der Waals surface area contributed by atoms with E-state index in [1.807, 2.05) is 20.8 Å². The molecule has 0 saturated carbocycles. The van der Waals surface area contributed by atoms with Gasteiger partial charge in [0.2, 0.25) is 0 Å². The van der Waals surface area contributed by atoms with Crippen LogP contribution in [0.25, 0.3) is 0 Å². The summed E-state index contributed by atoms with van der Waals surface area (Å²) >= 11 is 0. The Kier molecular flexibility index (Phi) is 5.76. The van der Waals surface area contributed by atoms with E-state index in [4.69, 9.17) is 9.47 Å². The molecule has 0 heterocycles. The Morgan fingerprint density at radius 1 is 1.43 bits per heavy atom. The highest BCUT2D eigenvalue weighted by atomic mass is 16.5. The number of hydrogen-bond acceptors (Lipinski definition) is 4. The third-order valence-electron chi connectivity index (χ3n) is 3.37. The molecule has 0 aromatic heterocycles. The van der Waals surface area contributed by atoms with Gasteiger partial charge in [0.1, 0.15) is 11.5 Å². The van der Waals surface area contributed by atoms with Crippen molar-refractivity contribution in [1.29, 1.82) is 0 Å². The molecule has 0 radical (unpaired) electrons. The van der Waals surface area contributed by atoms with Crippen molar-refractivity contribution in [3.63, 3.8) is 0 Å². The minimum Gasteiger partial charge on any atom is -0.497 e. The molecule has 0 saturated heterocycles. The first-order valence-electron chi connectivity index (χ1n) is 6.95. The Balaban J connectivity index is 2.84. The van der Waals surface area contributed by atoms with E-state index in [1.54, 1.807) is 25.1 Å². The van der Waals surface area contributed by atoms with E-state index < -0.39 is 6.10 Å². The van der Waals surface area contributed by atoms with Gasteiger partial charge in [0, 0.05) is 11.6 Å². The first-order chi connectivity index (χ1) is 9.82. The lowest BCUT2D eigenvalue weighted by molar-refractivity contribution is -0.129. The summed E-state index contributed by atoms with van der Waals surface area (Å²) in [6.45, 7) is 7.54. The van der Waals surface area contributed by atoms with Crippen molar-refractivity contribution in [1.82, 2.24) is 5.32 Å². The largest absolute Gasteiger partial charge is 0.497 e. The van der Waals surface area contributed by atoms with Crippen molar-refractivity contribution in [2.24, 2.45) is 0 Å². The summed E-state index contributed by atoms with van der Waals surface area (Å²) in [6, 6.07) is 4.86. The predicted octanol–water partition coefficient (Wildman–Crippen LogP) is 2.58. The van der Waals surface area contributed by atoms with Crippen molar-refractivity contribution >= 4 is 12.2 Å². The van der Waals surface area contributed by atoms with Crippen LogP contribution in [0.1, 0.15) is 44.5 Å². The lowest BCUT2D eigenvalue weighted by Crippen LogP contribution is -2.48. The second-order valence-electron chi connectivity index (χ2n) is 5.51. The number of amides is 1. The van der Waals surface area contributed by atoms with Gasteiger partial charge in [0.15, 0.2) is 12.4 Å². The molecular weight excluding hydrogens is 270 g/mol. The number of benzene rings is 1. The predicted molar refractivity (Wildman–Crippen MR) is 81.0 cm³/mol. The molecule has 1 atom stereocenters. The van der Waals surface area contributed by atoms with Crippen LogP contribution in [0.4, 0.5) is 0 Å². The molecule has 0 aliphatic carbocycles. The maximum atomic E-state index is 12.1. The van der Waals surface area contributed by atoms with Crippen LogP contribution in [0, 0.1) is 0 Å². The van der Waals surface area contributed by atoms with Gasteiger partial charge in [-0.2, -0.15) is 0 Å². The van der Waals surface area contributed by atoms with Crippen LogP contribution in [0.5, 0.6) is 11.5 Å². The molecule has 1 aromatic carbocycles. The molecular formula is C16H23NO4. The van der Waals surface area contributed by atoms with E-state index in [0.29, 0.717) is 23.3 Å². The minimum absolute atomic E-state index is 0.221. The summed E-state index contributed by atoms with van der Waals surface area (Å²) in [6.07, 6.45) is 0.793. The lowest BCUT2D eigenvalue weighted by Gasteiger charge is -2.26. The number of carbonyl (C=O) groups excluding carboxylic acids is 2. The highest BCUT2D eigenvalue weighted by molar-refractivity contribution is 5.83. The van der Waals surface area contributed by atoms with E-state index >= 15 is 0 Å². The Hall–Kier alpha value is -2.04. The lowest BCUT2D eigenvalue weighted by atomic mass is 10.0. The van der Waals surface area contributed by atoms with E-state index in [-0.39, 0.29) is 11.4 Å². The number of ether oxygens (including phenoxy) is 2. The quantitative estimate of drug-likeness (QED) is 0.785. The van der Waals surface area contributed by atoms with Crippen LogP contribution in [0.3, 0.4) is 0 Å². The average Bonchev–Trinajstić information content (AvgIpc) is 2.46. The molecule has 0 aliphatic heterocycles. The van der Waals surface area contributed by atoms with Crippen LogP contribution in [0.2, 0.25) is 0 Å². The fraction of sp³-hybridized carbons (Fsp3) is 0.500. The van der Waals surface area contributed by atoms with Crippen LogP contribution >= 0.6 is 0 Å². The summed E-state index contributed by atoms with van der Waals surface area (Å²) in [5.41, 5.74) is 0.0847. The fourth-order valence-electron chi connectivity index (χ4n) is 1.61. The standard InChI is InChI=1S/C16H23NO4/c1-6-16(3,4)17-15(19)11(2)21-14-9-13(20-5)8-7-12(14)10-18/h7-11H,6H2,1-5H3,(H,17,19). The molecule has 0 spiro atoms. The van der Waals surface area contributed by atoms with Crippen molar-refractivity contribution in [2.75, 3.05) is 7.11 Å². The van der Waals surface area contributed by atoms with Gasteiger partial charge in [-0.25, -0.2) is 0 Å². The van der Waals surface area contributed by atoms with Gasteiger partial charge in [0.05, 0.1) is 12.7 Å². The first-order valence-corrected chi connectivity index (χ1v) is 6.95. The Morgan fingerprint density at radius 2 is 2.10 bits per heavy atom. The number of nitrogens with one attached hydrogen (secondary N) is 1. The number of hydrogen-bond donors (Lipinski definition) is 1. The fourth-order valence-corrected chi connectivity index (χ4v) is 1.61. The monoisotopic (exact) mass is 293 g/mol. The van der Waals surface area contributed by atoms with Crippen LogP contribution in [-0.4, -0.2) is 30.9 Å². The summed E-state index contributed by atoms with van der Waals surface area (Å²) in [5.74, 6) is 0.680. The molecule has 21 heavy (non-hydrogen) atoms. The molecule has 0 bridgehead atoms. The van der Waals surface area contributed by atoms with E-state index in [0.717, 1.165) is 6.42 Å². The van der Waals surface area contributed by atoms with Gasteiger partial charge >= 0.3 is 0 Å². The molecule has 0 aliphatic rings. The van der Waals surface area contributed by atoms with Gasteiger partial charge in [-0.3, -0.25) is 9.59 Å². The Morgan fingerprint density at radius 3 is 2.62 bits per heavy atom. The molecule has 1 unspecified atom stereocenters. The van der Waals surface area contributed by atoms with Crippen molar-refractivity contribution in [3.8, 4) is 11.5 Å². The van der Waals surface area contributed by atoms with Crippen molar-refractivity contribution in [2.45, 2.75) is 45.8 Å². The zero-order valence-corrected chi connectivity index (χ0v) is 13.2. The number of aldehydes is 1. The topological polar surface area (TPSA) is 64.6 Å². The first kappa shape index (κ1) is 17.0. The van der Waals surface area contributed by atoms with Gasteiger partial charge in [-0.1, -0.05) is 6.92 Å². The van der Waals surface area contributed by atoms with Crippen molar-refractivity contribution in [3.05, 3.63) is 23.8 Å². The van der Waals surface area contributed by atoms with Crippen LogP contribution in [0.15, 0.2) is 18.2 Å². The molecule has 116 valence electrons. The molecule has 1 rings (SSSR count). The smallest absolute Gasteiger partial charge is 0.261 e. The molecule has 5 heteroatoms. The third-order valence-corrected chi connectivity index (χ3v) is 3.37. The number of methoxy groups -OCH3 is 1. The van der Waals surface area contributed by atoms with E-state index in [2.05, 4.69) is 5.32 Å². The van der Waals surface area contributed by atoms with Gasteiger partial charge in [-0.05, 0) is 39.3 Å². The van der Waals surface area contributed by atoms with E-state index in [9.17, 15) is 9.59 Å². The summed E-state index contributed by atoms with van der Waals surface area (Å²) < 4.78 is 10.7. The zero-order chi connectivity index (χ0) is 16.0. The third kappa shape index (κ3) is 4.77. The van der Waals surface area contributed by atoms with Crippen LogP contribution < -0.4 is 14.8 Å². The summed E-state index contributed by atoms with van der Waals surface area (Å²) in [7, 11) is 1.53. The molecule has 1 amide bonds. The maximum Gasteiger partial charge on any atom is 0.261 e. The maximum absolute atomic E-state index is 12.1. The molecule has 5 nitrogen and oxygen atoms in total. The normalized spacial score (nSPS) is 12.4. The summed E-state index contributed by atoms with van der Waals surface area (Å²) in [5, 5.41) is 2.91. The number of carbonyl (C=O) groups is 2. The molecule has 1 aromatic rings.